The zero-order valence-corrected chi connectivity index (χ0v) is 18.5. The van der Waals surface area contributed by atoms with Crippen LogP contribution in [0.25, 0.3) is 0 Å². The van der Waals surface area contributed by atoms with Gasteiger partial charge in [0.15, 0.2) is 5.13 Å². The maximum atomic E-state index is 12.3. The van der Waals surface area contributed by atoms with E-state index in [0.717, 1.165) is 0 Å². The number of thiazole rings is 1. The first-order valence-electron chi connectivity index (χ1n) is 9.32. The average molecular weight is 464 g/mol. The number of nitrogens with zero attached hydrogens (tertiary/aromatic N) is 2. The third kappa shape index (κ3) is 5.78. The SMILES string of the molecule is CCN(C(C)=O)c1nc(COC(=O)c2ccc(S(=O)(=O)NCc3ccco3)cc2)cs1. The van der Waals surface area contributed by atoms with Gasteiger partial charge in [-0.1, -0.05) is 0 Å². The number of anilines is 1. The summed E-state index contributed by atoms with van der Waals surface area (Å²) in [5.74, 6) is -0.241. The fourth-order valence-electron chi connectivity index (χ4n) is 2.63. The monoisotopic (exact) mass is 463 g/mol. The summed E-state index contributed by atoms with van der Waals surface area (Å²) in [5.41, 5.74) is 0.730. The molecule has 0 saturated carbocycles. The smallest absolute Gasteiger partial charge is 0.338 e. The van der Waals surface area contributed by atoms with Gasteiger partial charge in [0, 0.05) is 18.8 Å². The number of hydrogen-bond acceptors (Lipinski definition) is 8. The van der Waals surface area contributed by atoms with Gasteiger partial charge in [-0.25, -0.2) is 22.9 Å². The zero-order valence-electron chi connectivity index (χ0n) is 16.9. The summed E-state index contributed by atoms with van der Waals surface area (Å²) in [5, 5.41) is 2.26. The van der Waals surface area contributed by atoms with Crippen LogP contribution in [0.5, 0.6) is 0 Å². The van der Waals surface area contributed by atoms with Gasteiger partial charge in [-0.2, -0.15) is 0 Å². The highest BCUT2D eigenvalue weighted by atomic mass is 32.2. The topological polar surface area (TPSA) is 119 Å². The van der Waals surface area contributed by atoms with Gasteiger partial charge in [-0.05, 0) is 43.3 Å². The largest absolute Gasteiger partial charge is 0.468 e. The van der Waals surface area contributed by atoms with Crippen LogP contribution in [0.4, 0.5) is 5.13 Å². The van der Waals surface area contributed by atoms with Gasteiger partial charge in [-0.3, -0.25) is 9.69 Å². The number of sulfonamides is 1. The Kier molecular flexibility index (Phi) is 7.21. The predicted molar refractivity (Wildman–Crippen MR) is 114 cm³/mol. The molecule has 164 valence electrons. The minimum Gasteiger partial charge on any atom is -0.468 e. The van der Waals surface area contributed by atoms with E-state index in [1.165, 1.54) is 53.7 Å². The van der Waals surface area contributed by atoms with Crippen LogP contribution >= 0.6 is 11.3 Å². The molecule has 0 radical (unpaired) electrons. The van der Waals surface area contributed by atoms with Crippen molar-refractivity contribution >= 4 is 38.4 Å². The fourth-order valence-corrected chi connectivity index (χ4v) is 4.55. The Hall–Kier alpha value is -3.02. The molecule has 3 rings (SSSR count). The lowest BCUT2D eigenvalue weighted by Crippen LogP contribution is -2.27. The molecule has 0 atom stereocenters. The lowest BCUT2D eigenvalue weighted by atomic mass is 10.2. The summed E-state index contributed by atoms with van der Waals surface area (Å²) in [6.45, 7) is 3.76. The van der Waals surface area contributed by atoms with E-state index in [-0.39, 0.29) is 29.5 Å². The molecule has 1 N–H and O–H groups in total. The van der Waals surface area contributed by atoms with Crippen molar-refractivity contribution in [1.29, 1.82) is 0 Å². The molecule has 0 fully saturated rings. The molecule has 0 bridgehead atoms. The van der Waals surface area contributed by atoms with Crippen molar-refractivity contribution in [2.75, 3.05) is 11.4 Å². The molecule has 0 saturated heterocycles. The number of carbonyl (C=O) groups is 2. The molecule has 1 aromatic carbocycles. The molecule has 11 heteroatoms. The molecule has 0 unspecified atom stereocenters. The Morgan fingerprint density at radius 3 is 2.58 bits per heavy atom. The molecule has 0 aliphatic rings. The molecule has 0 spiro atoms. The number of aromatic nitrogens is 1. The first kappa shape index (κ1) is 22.7. The second-order valence-corrected chi connectivity index (χ2v) is 8.99. The highest BCUT2D eigenvalue weighted by Gasteiger charge is 2.17. The molecule has 0 aliphatic carbocycles. The average Bonchev–Trinajstić information content (AvgIpc) is 3.43. The highest BCUT2D eigenvalue weighted by Crippen LogP contribution is 2.21. The summed E-state index contributed by atoms with van der Waals surface area (Å²) in [4.78, 5) is 29.7. The van der Waals surface area contributed by atoms with Gasteiger partial charge in [0.05, 0.1) is 29.0 Å². The number of nitrogens with one attached hydrogen (secondary N) is 1. The van der Waals surface area contributed by atoms with Crippen LogP contribution in [0.1, 0.15) is 35.7 Å². The number of esters is 1. The Labute approximate surface area is 183 Å². The number of rotatable bonds is 9. The van der Waals surface area contributed by atoms with E-state index < -0.39 is 16.0 Å². The van der Waals surface area contributed by atoms with Crippen molar-refractivity contribution in [2.24, 2.45) is 0 Å². The summed E-state index contributed by atoms with van der Waals surface area (Å²) in [6, 6.07) is 8.74. The Morgan fingerprint density at radius 2 is 1.97 bits per heavy atom. The van der Waals surface area contributed by atoms with Crippen LogP contribution in [0, 0.1) is 0 Å². The third-order valence-electron chi connectivity index (χ3n) is 4.23. The molecule has 2 aromatic heterocycles. The van der Waals surface area contributed by atoms with Crippen molar-refractivity contribution < 1.29 is 27.2 Å². The number of benzene rings is 1. The number of carbonyl (C=O) groups excluding carboxylic acids is 2. The molecular weight excluding hydrogens is 442 g/mol. The Morgan fingerprint density at radius 1 is 1.23 bits per heavy atom. The van der Waals surface area contributed by atoms with E-state index in [1.54, 1.807) is 17.5 Å². The van der Waals surface area contributed by atoms with Gasteiger partial charge in [0.25, 0.3) is 0 Å². The van der Waals surface area contributed by atoms with Crippen LogP contribution in [0.2, 0.25) is 0 Å². The third-order valence-corrected chi connectivity index (χ3v) is 6.56. The lowest BCUT2D eigenvalue weighted by Gasteiger charge is -2.14. The summed E-state index contributed by atoms with van der Waals surface area (Å²) < 4.78 is 37.5. The lowest BCUT2D eigenvalue weighted by molar-refractivity contribution is -0.116. The van der Waals surface area contributed by atoms with E-state index in [9.17, 15) is 18.0 Å². The van der Waals surface area contributed by atoms with Gasteiger partial charge >= 0.3 is 5.97 Å². The normalized spacial score (nSPS) is 11.3. The fraction of sp³-hybridized carbons (Fsp3) is 0.250. The van der Waals surface area contributed by atoms with Crippen LogP contribution in [0.3, 0.4) is 0 Å². The van der Waals surface area contributed by atoms with Crippen molar-refractivity contribution in [2.45, 2.75) is 31.9 Å². The molecule has 9 nitrogen and oxygen atoms in total. The molecule has 31 heavy (non-hydrogen) atoms. The van der Waals surface area contributed by atoms with Crippen LogP contribution in [-0.2, 0) is 32.7 Å². The van der Waals surface area contributed by atoms with E-state index in [4.69, 9.17) is 9.15 Å². The minimum absolute atomic E-state index is 0.0173. The molecule has 2 heterocycles. The van der Waals surface area contributed by atoms with Gasteiger partial charge in [-0.15, -0.1) is 11.3 Å². The molecule has 3 aromatic rings. The quantitative estimate of drug-likeness (QED) is 0.485. The maximum Gasteiger partial charge on any atom is 0.338 e. The van der Waals surface area contributed by atoms with Gasteiger partial charge < -0.3 is 9.15 Å². The maximum absolute atomic E-state index is 12.3. The van der Waals surface area contributed by atoms with Crippen molar-refractivity contribution in [1.82, 2.24) is 9.71 Å². The van der Waals surface area contributed by atoms with E-state index in [2.05, 4.69) is 9.71 Å². The Bertz CT molecular complexity index is 1140. The summed E-state index contributed by atoms with van der Waals surface area (Å²) in [6.07, 6.45) is 1.46. The number of hydrogen-bond donors (Lipinski definition) is 1. The second kappa shape index (κ2) is 9.86. The summed E-state index contributed by atoms with van der Waals surface area (Å²) in [7, 11) is -3.75. The number of furan rings is 1. The standard InChI is InChI=1S/C20H21N3O6S2/c1-3-23(14(2)24)20-22-16(13-30-20)12-29-19(25)15-6-8-18(9-7-15)31(26,27)21-11-17-5-4-10-28-17/h4-10,13,21H,3,11-12H2,1-2H3. The second-order valence-electron chi connectivity index (χ2n) is 6.39. The molecule has 0 aliphatic heterocycles. The molecule has 1 amide bonds. The zero-order chi connectivity index (χ0) is 22.4. The number of amides is 1. The van der Waals surface area contributed by atoms with Gasteiger partial charge in [0.2, 0.25) is 15.9 Å². The van der Waals surface area contributed by atoms with Crippen molar-refractivity contribution in [3.8, 4) is 0 Å². The van der Waals surface area contributed by atoms with Crippen LogP contribution in [-0.4, -0.2) is 31.8 Å². The van der Waals surface area contributed by atoms with E-state index >= 15 is 0 Å². The van der Waals surface area contributed by atoms with Crippen molar-refractivity contribution in [3.63, 3.8) is 0 Å². The van der Waals surface area contributed by atoms with Crippen molar-refractivity contribution in [3.05, 3.63) is 65.1 Å². The van der Waals surface area contributed by atoms with E-state index in [1.807, 2.05) is 6.92 Å². The molecular formula is C20H21N3O6S2. The van der Waals surface area contributed by atoms with Crippen LogP contribution in [0.15, 0.2) is 57.4 Å². The summed E-state index contributed by atoms with van der Waals surface area (Å²) >= 11 is 1.29. The minimum atomic E-state index is -3.75. The van der Waals surface area contributed by atoms with Crippen LogP contribution < -0.4 is 9.62 Å². The first-order chi connectivity index (χ1) is 14.8. The highest BCUT2D eigenvalue weighted by molar-refractivity contribution is 7.89. The van der Waals surface area contributed by atoms with E-state index in [0.29, 0.717) is 23.1 Å². The number of ether oxygens (including phenoxy) is 1. The van der Waals surface area contributed by atoms with Gasteiger partial charge in [0.1, 0.15) is 12.4 Å². The predicted octanol–water partition coefficient (Wildman–Crippen LogP) is 2.94. The first-order valence-corrected chi connectivity index (χ1v) is 11.7. The Balaban J connectivity index is 1.58.